The first kappa shape index (κ1) is 36.6. The fourth-order valence-electron chi connectivity index (χ4n) is 5.75. The van der Waals surface area contributed by atoms with Crippen LogP contribution < -0.4 is 5.32 Å². The average Bonchev–Trinajstić information content (AvgIpc) is 2.99. The van der Waals surface area contributed by atoms with E-state index in [-0.39, 0.29) is 6.42 Å². The Balaban J connectivity index is 1.68. The van der Waals surface area contributed by atoms with Crippen LogP contribution in [-0.4, -0.2) is 187 Å². The van der Waals surface area contributed by atoms with Crippen molar-refractivity contribution in [2.45, 2.75) is 144 Å². The van der Waals surface area contributed by atoms with E-state index >= 15 is 0 Å². The van der Waals surface area contributed by atoms with Crippen molar-refractivity contribution in [1.82, 2.24) is 5.32 Å². The molecule has 0 radical (unpaired) electrons. The van der Waals surface area contributed by atoms with Crippen LogP contribution in [0.4, 0.5) is 0 Å². The second-order valence-electron chi connectivity index (χ2n) is 11.7. The van der Waals surface area contributed by atoms with E-state index in [1.54, 1.807) is 0 Å². The van der Waals surface area contributed by atoms with Gasteiger partial charge in [0.05, 0.1) is 31.5 Å². The Morgan fingerprint density at radius 3 is 1.87 bits per heavy atom. The van der Waals surface area contributed by atoms with Gasteiger partial charge in [-0.15, -0.1) is 0 Å². The summed E-state index contributed by atoms with van der Waals surface area (Å²) in [5.74, 6) is -0.663. The Bertz CT molecular complexity index is 965. The molecule has 45 heavy (non-hydrogen) atoms. The zero-order valence-electron chi connectivity index (χ0n) is 24.8. The molecule has 0 aromatic heterocycles. The van der Waals surface area contributed by atoms with E-state index in [0.29, 0.717) is 0 Å². The summed E-state index contributed by atoms with van der Waals surface area (Å²) in [4.78, 5) is 12.2. The standard InChI is InChI=1S/C26H45NO18/c1-7-10(31)4-11(32)24(39-7)43-20-13(6-29)41-23(38)14(27-9(3)30)21(20)44-26-22(18(36)16(34)12(5-28)42-26)45-25-19(37)17(35)15(33)8(2)40-25/h7-8,10-26,28-29,31-38H,4-6H2,1-3H3,(H,27,30)/t7-,8-,10-,11-,12+,13+,14+,15+,16-,17+,18-,19-,20+,21+,22+,23?,24-,25-,26-/m0/s1. The van der Waals surface area contributed by atoms with Crippen molar-refractivity contribution >= 4 is 5.91 Å². The fraction of sp³-hybridized carbons (Fsp3) is 0.962. The summed E-state index contributed by atoms with van der Waals surface area (Å²) in [6, 6.07) is -1.46. The third-order valence-corrected chi connectivity index (χ3v) is 8.41. The maximum absolute atomic E-state index is 12.2. The molecule has 4 rings (SSSR count). The molecule has 262 valence electrons. The molecule has 0 aliphatic carbocycles. The molecule has 4 aliphatic rings. The SMILES string of the molecule is CC(=O)N[C@H]1C(O)O[C@H](CO)[C@@H](O[C@@H]2O[C@@H](C)[C@@H](O)C[C@@H]2O)[C@@H]1O[C@@H]1O[C@H](CO)[C@H](O)[C@H](O)[C@H]1O[C@@H]1O[C@@H](C)[C@@H](O)[C@@H](O)[C@@H]1O. The molecule has 4 aliphatic heterocycles. The van der Waals surface area contributed by atoms with Gasteiger partial charge in [0.2, 0.25) is 5.91 Å². The summed E-state index contributed by atoms with van der Waals surface area (Å²) in [5.41, 5.74) is 0. The highest BCUT2D eigenvalue weighted by Gasteiger charge is 2.55. The maximum atomic E-state index is 12.2. The predicted octanol–water partition coefficient (Wildman–Crippen LogP) is -6.52. The maximum Gasteiger partial charge on any atom is 0.217 e. The van der Waals surface area contributed by atoms with Gasteiger partial charge in [0.1, 0.15) is 73.2 Å². The van der Waals surface area contributed by atoms with Gasteiger partial charge in [-0.2, -0.15) is 0 Å². The highest BCUT2D eigenvalue weighted by Crippen LogP contribution is 2.35. The van der Waals surface area contributed by atoms with E-state index in [1.807, 2.05) is 0 Å². The lowest BCUT2D eigenvalue weighted by Gasteiger charge is -2.50. The van der Waals surface area contributed by atoms with Crippen molar-refractivity contribution in [1.29, 1.82) is 0 Å². The van der Waals surface area contributed by atoms with Crippen molar-refractivity contribution in [3.05, 3.63) is 0 Å². The second kappa shape index (κ2) is 15.3. The van der Waals surface area contributed by atoms with Crippen LogP contribution in [0, 0.1) is 0 Å². The van der Waals surface area contributed by atoms with E-state index in [9.17, 15) is 55.9 Å². The van der Waals surface area contributed by atoms with Crippen LogP contribution in [0.15, 0.2) is 0 Å². The van der Waals surface area contributed by atoms with Crippen LogP contribution >= 0.6 is 0 Å². The van der Waals surface area contributed by atoms with Gasteiger partial charge in [-0.05, 0) is 13.8 Å². The van der Waals surface area contributed by atoms with Gasteiger partial charge >= 0.3 is 0 Å². The van der Waals surface area contributed by atoms with Crippen LogP contribution in [-0.2, 0) is 38.0 Å². The molecule has 0 spiro atoms. The Hall–Kier alpha value is -1.21. The molecule has 0 aromatic carbocycles. The molecule has 19 nitrogen and oxygen atoms in total. The molecule has 1 unspecified atom stereocenters. The minimum atomic E-state index is -1.89. The van der Waals surface area contributed by atoms with Gasteiger partial charge in [0, 0.05) is 13.3 Å². The van der Waals surface area contributed by atoms with Gasteiger partial charge in [0.25, 0.3) is 0 Å². The first-order valence-corrected chi connectivity index (χ1v) is 14.7. The number of aliphatic hydroxyl groups excluding tert-OH is 10. The number of ether oxygens (including phenoxy) is 7. The lowest BCUT2D eigenvalue weighted by molar-refractivity contribution is -0.388. The normalized spacial score (nSPS) is 51.1. The second-order valence-corrected chi connectivity index (χ2v) is 11.7. The molecule has 19 heteroatoms. The number of rotatable bonds is 9. The van der Waals surface area contributed by atoms with Gasteiger partial charge in [-0.1, -0.05) is 0 Å². The third-order valence-electron chi connectivity index (χ3n) is 8.41. The predicted molar refractivity (Wildman–Crippen MR) is 141 cm³/mol. The van der Waals surface area contributed by atoms with E-state index in [1.165, 1.54) is 13.8 Å². The monoisotopic (exact) mass is 659 g/mol. The topological polar surface area (TPSA) is 296 Å². The zero-order chi connectivity index (χ0) is 33.3. The van der Waals surface area contributed by atoms with Crippen LogP contribution in [0.5, 0.6) is 0 Å². The molecular formula is C26H45NO18. The first-order valence-electron chi connectivity index (χ1n) is 14.7. The molecule has 0 saturated carbocycles. The molecule has 0 aromatic rings. The third kappa shape index (κ3) is 7.92. The average molecular weight is 660 g/mol. The van der Waals surface area contributed by atoms with Gasteiger partial charge in [0.15, 0.2) is 25.2 Å². The summed E-state index contributed by atoms with van der Waals surface area (Å²) in [6.45, 7) is 2.45. The van der Waals surface area contributed by atoms with Crippen molar-refractivity contribution in [2.75, 3.05) is 13.2 Å². The Kier molecular flexibility index (Phi) is 12.5. The van der Waals surface area contributed by atoms with Crippen LogP contribution in [0.2, 0.25) is 0 Å². The molecule has 4 heterocycles. The fourth-order valence-corrected chi connectivity index (χ4v) is 5.75. The number of hydrogen-bond donors (Lipinski definition) is 11. The van der Waals surface area contributed by atoms with Crippen molar-refractivity contribution < 1.29 is 89.0 Å². The van der Waals surface area contributed by atoms with E-state index < -0.39 is 136 Å². The highest BCUT2D eigenvalue weighted by atomic mass is 16.8. The minimum Gasteiger partial charge on any atom is -0.394 e. The summed E-state index contributed by atoms with van der Waals surface area (Å²) in [5, 5.41) is 106. The largest absolute Gasteiger partial charge is 0.394 e. The van der Waals surface area contributed by atoms with Crippen LogP contribution in [0.1, 0.15) is 27.2 Å². The smallest absolute Gasteiger partial charge is 0.217 e. The number of carbonyl (C=O) groups excluding carboxylic acids is 1. The number of amides is 1. The zero-order valence-corrected chi connectivity index (χ0v) is 24.8. The molecule has 1 amide bonds. The van der Waals surface area contributed by atoms with Gasteiger partial charge in [-0.3, -0.25) is 4.79 Å². The van der Waals surface area contributed by atoms with E-state index in [2.05, 4.69) is 5.32 Å². The number of carbonyl (C=O) groups is 1. The summed E-state index contributed by atoms with van der Waals surface area (Å²) >= 11 is 0. The molecule has 11 N–H and O–H groups in total. The van der Waals surface area contributed by atoms with Crippen molar-refractivity contribution in [2.24, 2.45) is 0 Å². The molecule has 19 atom stereocenters. The van der Waals surface area contributed by atoms with E-state index in [4.69, 9.17) is 33.2 Å². The van der Waals surface area contributed by atoms with Crippen molar-refractivity contribution in [3.8, 4) is 0 Å². The minimum absolute atomic E-state index is 0.140. The molecular weight excluding hydrogens is 614 g/mol. The number of hydrogen-bond acceptors (Lipinski definition) is 18. The summed E-state index contributed by atoms with van der Waals surface area (Å²) in [6.07, 6.45) is -27.4. The number of nitrogens with one attached hydrogen (secondary N) is 1. The Morgan fingerprint density at radius 1 is 0.644 bits per heavy atom. The number of aliphatic hydroxyl groups is 10. The summed E-state index contributed by atoms with van der Waals surface area (Å²) < 4.78 is 40.1. The lowest BCUT2D eigenvalue weighted by Crippen LogP contribution is -2.69. The van der Waals surface area contributed by atoms with Crippen molar-refractivity contribution in [3.63, 3.8) is 0 Å². The van der Waals surface area contributed by atoms with Crippen LogP contribution in [0.25, 0.3) is 0 Å². The quantitative estimate of drug-likeness (QED) is 0.110. The highest BCUT2D eigenvalue weighted by molar-refractivity contribution is 5.73. The van der Waals surface area contributed by atoms with Gasteiger partial charge < -0.3 is 89.5 Å². The van der Waals surface area contributed by atoms with Gasteiger partial charge in [-0.25, -0.2) is 0 Å². The molecule has 0 bridgehead atoms. The molecule has 4 fully saturated rings. The van der Waals surface area contributed by atoms with Crippen LogP contribution in [0.3, 0.4) is 0 Å². The summed E-state index contributed by atoms with van der Waals surface area (Å²) in [7, 11) is 0. The molecule has 4 saturated heterocycles. The Labute approximate surface area is 257 Å². The Morgan fingerprint density at radius 2 is 1.24 bits per heavy atom. The first-order chi connectivity index (χ1) is 21.2. The lowest BCUT2D eigenvalue weighted by atomic mass is 9.94. The van der Waals surface area contributed by atoms with E-state index in [0.717, 1.165) is 6.92 Å².